The lowest BCUT2D eigenvalue weighted by atomic mass is 10.1. The minimum atomic E-state index is -0.478. The lowest BCUT2D eigenvalue weighted by Crippen LogP contribution is -2.26. The Morgan fingerprint density at radius 1 is 1.25 bits per heavy atom. The van der Waals surface area contributed by atoms with Crippen LogP contribution in [0.2, 0.25) is 0 Å². The van der Waals surface area contributed by atoms with Gasteiger partial charge in [-0.2, -0.15) is 0 Å². The van der Waals surface area contributed by atoms with E-state index in [1.54, 1.807) is 42.4 Å². The number of pyridine rings is 1. The summed E-state index contributed by atoms with van der Waals surface area (Å²) in [5.74, 6) is 0.199. The number of amides is 2. The Bertz CT molecular complexity index is 754. The van der Waals surface area contributed by atoms with E-state index in [2.05, 4.69) is 10.3 Å². The SMILES string of the molecule is CN(Cc1cccc(C(N)=O)c1)C(=O)c1ccc(NC2CC2)nc1. The van der Waals surface area contributed by atoms with Crippen molar-refractivity contribution >= 4 is 17.6 Å². The summed E-state index contributed by atoms with van der Waals surface area (Å²) >= 11 is 0. The zero-order valence-electron chi connectivity index (χ0n) is 13.5. The summed E-state index contributed by atoms with van der Waals surface area (Å²) in [6, 6.07) is 11.1. The molecule has 2 amide bonds. The Labute approximate surface area is 140 Å². The summed E-state index contributed by atoms with van der Waals surface area (Å²) in [6.07, 6.45) is 3.94. The molecule has 24 heavy (non-hydrogen) atoms. The molecular formula is C18H20N4O2. The Morgan fingerprint density at radius 3 is 2.67 bits per heavy atom. The smallest absolute Gasteiger partial charge is 0.255 e. The maximum Gasteiger partial charge on any atom is 0.255 e. The molecule has 3 N–H and O–H groups in total. The van der Waals surface area contributed by atoms with Crippen LogP contribution in [0.1, 0.15) is 39.1 Å². The van der Waals surface area contributed by atoms with E-state index in [9.17, 15) is 9.59 Å². The van der Waals surface area contributed by atoms with Gasteiger partial charge in [0, 0.05) is 31.4 Å². The molecule has 0 aliphatic heterocycles. The van der Waals surface area contributed by atoms with Crippen molar-refractivity contribution < 1.29 is 9.59 Å². The lowest BCUT2D eigenvalue weighted by molar-refractivity contribution is 0.0784. The maximum atomic E-state index is 12.5. The molecule has 6 nitrogen and oxygen atoms in total. The van der Waals surface area contributed by atoms with Crippen molar-refractivity contribution in [2.24, 2.45) is 5.73 Å². The molecule has 6 heteroatoms. The monoisotopic (exact) mass is 324 g/mol. The fourth-order valence-electron chi connectivity index (χ4n) is 2.43. The van der Waals surface area contributed by atoms with Crippen molar-refractivity contribution in [3.63, 3.8) is 0 Å². The van der Waals surface area contributed by atoms with Crippen LogP contribution in [0.25, 0.3) is 0 Å². The van der Waals surface area contributed by atoms with Crippen LogP contribution in [-0.4, -0.2) is 34.8 Å². The van der Waals surface area contributed by atoms with Gasteiger partial charge < -0.3 is 16.0 Å². The predicted molar refractivity (Wildman–Crippen MR) is 91.6 cm³/mol. The van der Waals surface area contributed by atoms with Gasteiger partial charge in [-0.15, -0.1) is 0 Å². The standard InChI is InChI=1S/C18H20N4O2/c1-22(11-12-3-2-4-13(9-12)17(19)23)18(24)14-5-8-16(20-10-14)21-15-6-7-15/h2-5,8-10,15H,6-7,11H2,1H3,(H2,19,23)(H,20,21). The van der Waals surface area contributed by atoms with E-state index in [1.807, 2.05) is 12.1 Å². The number of primary amides is 1. The van der Waals surface area contributed by atoms with E-state index in [4.69, 9.17) is 5.73 Å². The number of aromatic nitrogens is 1. The first-order chi connectivity index (χ1) is 11.5. The van der Waals surface area contributed by atoms with Crippen LogP contribution in [-0.2, 0) is 6.54 Å². The number of nitrogens with one attached hydrogen (secondary N) is 1. The van der Waals surface area contributed by atoms with Crippen LogP contribution in [0.3, 0.4) is 0 Å². The van der Waals surface area contributed by atoms with Gasteiger partial charge in [0.2, 0.25) is 5.91 Å². The summed E-state index contributed by atoms with van der Waals surface area (Å²) in [5, 5.41) is 3.29. The number of anilines is 1. The van der Waals surface area contributed by atoms with Crippen LogP contribution < -0.4 is 11.1 Å². The minimum Gasteiger partial charge on any atom is -0.367 e. The number of rotatable bonds is 6. The molecule has 1 saturated carbocycles. The van der Waals surface area contributed by atoms with Gasteiger partial charge in [-0.3, -0.25) is 9.59 Å². The highest BCUT2D eigenvalue weighted by atomic mass is 16.2. The molecule has 2 aromatic rings. The van der Waals surface area contributed by atoms with E-state index in [0.717, 1.165) is 11.4 Å². The Morgan fingerprint density at radius 2 is 2.04 bits per heavy atom. The first-order valence-corrected chi connectivity index (χ1v) is 7.90. The van der Waals surface area contributed by atoms with Crippen LogP contribution in [0.4, 0.5) is 5.82 Å². The van der Waals surface area contributed by atoms with Crippen LogP contribution in [0.15, 0.2) is 42.6 Å². The number of nitrogens with zero attached hydrogens (tertiary/aromatic N) is 2. The first kappa shape index (κ1) is 16.0. The van der Waals surface area contributed by atoms with E-state index < -0.39 is 5.91 Å². The molecule has 0 saturated heterocycles. The molecule has 1 aromatic heterocycles. The number of carbonyl (C=O) groups excluding carboxylic acids is 2. The summed E-state index contributed by atoms with van der Waals surface area (Å²) in [5.41, 5.74) is 7.10. The fraction of sp³-hybridized carbons (Fsp3) is 0.278. The van der Waals surface area contributed by atoms with Gasteiger partial charge in [-0.25, -0.2) is 4.98 Å². The Kier molecular flexibility index (Phi) is 4.46. The number of hydrogen-bond donors (Lipinski definition) is 2. The topological polar surface area (TPSA) is 88.3 Å². The highest BCUT2D eigenvalue weighted by molar-refractivity contribution is 5.94. The van der Waals surface area contributed by atoms with Gasteiger partial charge in [0.15, 0.2) is 0 Å². The van der Waals surface area contributed by atoms with Crippen molar-refractivity contribution in [2.45, 2.75) is 25.4 Å². The minimum absolute atomic E-state index is 0.120. The molecule has 1 aliphatic carbocycles. The summed E-state index contributed by atoms with van der Waals surface area (Å²) in [6.45, 7) is 0.391. The largest absolute Gasteiger partial charge is 0.367 e. The van der Waals surface area contributed by atoms with Crippen molar-refractivity contribution in [1.82, 2.24) is 9.88 Å². The van der Waals surface area contributed by atoms with Crippen molar-refractivity contribution in [3.8, 4) is 0 Å². The average molecular weight is 324 g/mol. The normalized spacial score (nSPS) is 13.4. The highest BCUT2D eigenvalue weighted by Gasteiger charge is 2.21. The zero-order chi connectivity index (χ0) is 17.1. The summed E-state index contributed by atoms with van der Waals surface area (Å²) < 4.78 is 0. The van der Waals surface area contributed by atoms with Crippen molar-refractivity contribution in [1.29, 1.82) is 0 Å². The number of hydrogen-bond acceptors (Lipinski definition) is 4. The first-order valence-electron chi connectivity index (χ1n) is 7.90. The zero-order valence-corrected chi connectivity index (χ0v) is 13.5. The fourth-order valence-corrected chi connectivity index (χ4v) is 2.43. The number of nitrogens with two attached hydrogens (primary N) is 1. The van der Waals surface area contributed by atoms with Crippen LogP contribution in [0.5, 0.6) is 0 Å². The highest BCUT2D eigenvalue weighted by Crippen LogP contribution is 2.23. The Hall–Kier alpha value is -2.89. The average Bonchev–Trinajstić information content (AvgIpc) is 3.39. The molecule has 0 spiro atoms. The lowest BCUT2D eigenvalue weighted by Gasteiger charge is -2.17. The molecule has 0 atom stereocenters. The van der Waals surface area contributed by atoms with Gasteiger partial charge in [-0.05, 0) is 42.7 Å². The van der Waals surface area contributed by atoms with Gasteiger partial charge in [0.1, 0.15) is 5.82 Å². The maximum absolute atomic E-state index is 12.5. The summed E-state index contributed by atoms with van der Waals surface area (Å²) in [4.78, 5) is 29.6. The molecular weight excluding hydrogens is 304 g/mol. The molecule has 1 fully saturated rings. The third-order valence-corrected chi connectivity index (χ3v) is 3.92. The molecule has 1 aliphatic rings. The van der Waals surface area contributed by atoms with Crippen molar-refractivity contribution in [2.75, 3.05) is 12.4 Å². The molecule has 124 valence electrons. The second-order valence-electron chi connectivity index (χ2n) is 6.08. The van der Waals surface area contributed by atoms with Gasteiger partial charge in [-0.1, -0.05) is 12.1 Å². The van der Waals surface area contributed by atoms with Gasteiger partial charge in [0.25, 0.3) is 5.91 Å². The van der Waals surface area contributed by atoms with Crippen LogP contribution >= 0.6 is 0 Å². The van der Waals surface area contributed by atoms with Gasteiger partial charge in [0.05, 0.1) is 5.56 Å². The van der Waals surface area contributed by atoms with Crippen molar-refractivity contribution in [3.05, 3.63) is 59.3 Å². The third kappa shape index (κ3) is 3.90. The Balaban J connectivity index is 1.65. The molecule has 0 radical (unpaired) electrons. The van der Waals surface area contributed by atoms with E-state index in [1.165, 1.54) is 12.8 Å². The van der Waals surface area contributed by atoms with Crippen LogP contribution in [0, 0.1) is 0 Å². The second kappa shape index (κ2) is 6.70. The van der Waals surface area contributed by atoms with E-state index in [-0.39, 0.29) is 5.91 Å². The van der Waals surface area contributed by atoms with E-state index >= 15 is 0 Å². The number of carbonyl (C=O) groups is 2. The third-order valence-electron chi connectivity index (χ3n) is 3.92. The second-order valence-corrected chi connectivity index (χ2v) is 6.08. The molecule has 1 aromatic carbocycles. The summed E-state index contributed by atoms with van der Waals surface area (Å²) in [7, 11) is 1.72. The van der Waals surface area contributed by atoms with Gasteiger partial charge >= 0.3 is 0 Å². The number of benzene rings is 1. The molecule has 0 bridgehead atoms. The molecule has 0 unspecified atom stereocenters. The molecule has 1 heterocycles. The predicted octanol–water partition coefficient (Wildman–Crippen LogP) is 2.03. The molecule has 3 rings (SSSR count). The quantitative estimate of drug-likeness (QED) is 0.851. The van der Waals surface area contributed by atoms with E-state index in [0.29, 0.717) is 23.7 Å².